The van der Waals surface area contributed by atoms with E-state index >= 15 is 0 Å². The number of Topliss-reactive ketones (excluding diaryl/α,β-unsaturated/α-hetero) is 1. The first-order chi connectivity index (χ1) is 64.1. The third kappa shape index (κ3) is 55.0. The van der Waals surface area contributed by atoms with E-state index in [4.69, 9.17) is 29.2 Å². The second-order valence-electron chi connectivity index (χ2n) is 32.9. The molecule has 11 rings (SSSR count). The van der Waals surface area contributed by atoms with Gasteiger partial charge in [0.05, 0.1) is 43.1 Å². The Morgan fingerprint density at radius 3 is 1.06 bits per heavy atom. The summed E-state index contributed by atoms with van der Waals surface area (Å²) in [4.78, 5) is 126. The molecule has 0 saturated carbocycles. The first-order valence-corrected chi connectivity index (χ1v) is 44.5. The number of phenols is 3. The van der Waals surface area contributed by atoms with Crippen molar-refractivity contribution < 1.29 is 258 Å². The Hall–Kier alpha value is -9.03. The topological polar surface area (TPSA) is 361 Å². The SMILES string of the molecule is C.CC(=O)C(C)(C)C.CCN(CC)CC.CCOC(=O)C(C)Cc1ccc(C)c(F)c1.CCOC(=O)C(C)Cc1ccc(O)c(F)c1.C[C@@H](Cc1ccc(O)c(F)c1)C(=O)N1C(=O)OC[C@H]1Cc1ccccc1.C[C@H](Cc1ccc(O)c(F)c1)C(=O)N1C(=O)OC[C@H]1Cc1ccccc1.Cc1ccc(CC(C)C(=O)O)cc1F.N.O=COOCc1ccccc1.O=[C-]OC[CH-]Cc1ccccc1.[Cl-].[K+].[K+].[Li+]. The van der Waals surface area contributed by atoms with E-state index in [0.29, 0.717) is 86.3 Å². The van der Waals surface area contributed by atoms with Crippen LogP contribution in [0.15, 0.2) is 212 Å². The van der Waals surface area contributed by atoms with Gasteiger partial charge in [0.1, 0.15) is 37.2 Å². The normalized spacial score (nSPS) is 13.2. The van der Waals surface area contributed by atoms with Gasteiger partial charge in [0.2, 0.25) is 11.8 Å². The van der Waals surface area contributed by atoms with E-state index in [1.54, 1.807) is 106 Å². The Balaban J connectivity index is -0.000000767. The van der Waals surface area contributed by atoms with Crippen molar-refractivity contribution in [3.63, 3.8) is 0 Å². The van der Waals surface area contributed by atoms with Crippen LogP contribution in [0.1, 0.15) is 166 Å². The summed E-state index contributed by atoms with van der Waals surface area (Å²) in [6.45, 7) is 36.2. The number of carboxylic acids is 1. The summed E-state index contributed by atoms with van der Waals surface area (Å²) >= 11 is 0. The zero-order chi connectivity index (χ0) is 101. The molecule has 4 amide bonds. The van der Waals surface area contributed by atoms with Gasteiger partial charge in [-0.3, -0.25) is 40.0 Å². The second kappa shape index (κ2) is 76.6. The van der Waals surface area contributed by atoms with Crippen molar-refractivity contribution in [3.8, 4) is 17.2 Å². The smallest absolute Gasteiger partial charge is 1.00 e. The molecule has 0 spiro atoms. The fraction of sp³-hybridized carbons (Fsp3) is 0.393. The van der Waals surface area contributed by atoms with Crippen molar-refractivity contribution in [2.75, 3.05) is 52.7 Å². The number of ether oxygens (including phenoxy) is 5. The Labute approximate surface area is 931 Å². The molecule has 2 aliphatic rings. The van der Waals surface area contributed by atoms with Gasteiger partial charge in [-0.15, -0.1) is 0 Å². The number of hydrogen-bond donors (Lipinski definition) is 5. The summed E-state index contributed by atoms with van der Waals surface area (Å²) in [6, 6.07) is 59.9. The van der Waals surface area contributed by atoms with Crippen LogP contribution in [0.3, 0.4) is 0 Å². The van der Waals surface area contributed by atoms with Crippen LogP contribution in [0, 0.1) is 84.4 Å². The van der Waals surface area contributed by atoms with Crippen LogP contribution < -0.4 is 140 Å². The first kappa shape index (κ1) is 138. The van der Waals surface area contributed by atoms with Gasteiger partial charge in [0, 0.05) is 17.3 Å². The molecule has 2 saturated heterocycles. The number of carboxylic acid groups (broad SMARTS) is 1. The van der Waals surface area contributed by atoms with Crippen LogP contribution in [-0.2, 0) is 130 Å². The minimum atomic E-state index is -0.856. The van der Waals surface area contributed by atoms with E-state index in [9.17, 15) is 80.1 Å². The van der Waals surface area contributed by atoms with Gasteiger partial charge < -0.3 is 77.3 Å². The van der Waals surface area contributed by atoms with Crippen molar-refractivity contribution in [1.82, 2.24) is 20.9 Å². The molecule has 0 aromatic heterocycles. The molecule has 25 nitrogen and oxygen atoms in total. The number of esters is 2. The molecule has 2 aliphatic heterocycles. The monoisotopic (exact) mass is 2030 g/mol. The molecule has 0 radical (unpaired) electrons. The van der Waals surface area contributed by atoms with Crippen LogP contribution in [0.4, 0.5) is 31.5 Å². The third-order valence-corrected chi connectivity index (χ3v) is 20.9. The Kier molecular flexibility index (Phi) is 75.1. The number of imide groups is 2. The maximum absolute atomic E-state index is 13.5. The number of aromatic hydroxyl groups is 3. The zero-order valence-electron chi connectivity index (χ0n) is 84.0. The zero-order valence-corrected chi connectivity index (χ0v) is 91.0. The number of aryl methyl sites for hydroxylation is 2. The summed E-state index contributed by atoms with van der Waals surface area (Å²) in [7, 11) is 0. The number of benzene rings is 9. The molecule has 2 fully saturated rings. The van der Waals surface area contributed by atoms with E-state index in [1.165, 1.54) is 90.0 Å². The fourth-order valence-electron chi connectivity index (χ4n) is 12.6. The summed E-state index contributed by atoms with van der Waals surface area (Å²) in [5.74, 6) is -7.79. The number of nitrogens with zero attached hydrogens (tertiary/aromatic N) is 3. The number of ketones is 1. The number of aliphatic carboxylic acids is 1. The van der Waals surface area contributed by atoms with E-state index < -0.39 is 64.9 Å². The van der Waals surface area contributed by atoms with Gasteiger partial charge in [-0.2, -0.15) is 11.3 Å². The van der Waals surface area contributed by atoms with E-state index in [1.807, 2.05) is 155 Å². The summed E-state index contributed by atoms with van der Waals surface area (Å²) < 4.78 is 90.6. The molecular formula is C107H137ClF5K2LiN4O21. The van der Waals surface area contributed by atoms with Gasteiger partial charge in [0.25, 0.3) is 0 Å². The van der Waals surface area contributed by atoms with Crippen LogP contribution >= 0.6 is 0 Å². The molecule has 3 unspecified atom stereocenters. The minimum Gasteiger partial charge on any atom is -1.00 e. The first-order valence-electron chi connectivity index (χ1n) is 44.5. The number of cyclic esters (lactones) is 2. The number of carbonyl (C=O) groups is 9. The molecule has 7 N–H and O–H groups in total. The average molecular weight is 2030 g/mol. The molecule has 141 heavy (non-hydrogen) atoms. The number of amides is 4. The Morgan fingerprint density at radius 2 is 0.787 bits per heavy atom. The number of carbonyl (C=O) groups excluding carboxylic acids is 9. The molecule has 2 heterocycles. The quantitative estimate of drug-likeness (QED) is 0.00295. The maximum Gasteiger partial charge on any atom is 1.00 e. The van der Waals surface area contributed by atoms with Gasteiger partial charge in [-0.25, -0.2) is 41.3 Å². The number of halogens is 6. The average Bonchev–Trinajstić information content (AvgIpc) is 1.70. The number of hydrogen-bond acceptors (Lipinski definition) is 22. The van der Waals surface area contributed by atoms with E-state index in [-0.39, 0.29) is 256 Å². The van der Waals surface area contributed by atoms with Gasteiger partial charge in [-0.05, 0) is 203 Å². The maximum atomic E-state index is 13.5. The summed E-state index contributed by atoms with van der Waals surface area (Å²) in [5.41, 5.74) is 8.64. The van der Waals surface area contributed by atoms with Crippen LogP contribution in [-0.4, -0.2) is 161 Å². The van der Waals surface area contributed by atoms with Gasteiger partial charge in [-0.1, -0.05) is 266 Å². The third-order valence-electron chi connectivity index (χ3n) is 20.9. The molecule has 9 aromatic carbocycles. The summed E-state index contributed by atoms with van der Waals surface area (Å²) in [5, 5.41) is 36.2. The molecular weight excluding hydrogens is 1890 g/mol. The number of rotatable bonds is 33. The molecule has 9 aromatic rings. The van der Waals surface area contributed by atoms with Crippen molar-refractivity contribution in [3.05, 3.63) is 309 Å². The van der Waals surface area contributed by atoms with Crippen molar-refractivity contribution in [2.24, 2.45) is 35.0 Å². The Bertz CT molecular complexity index is 4910. The van der Waals surface area contributed by atoms with E-state index in [2.05, 4.69) is 40.2 Å². The van der Waals surface area contributed by atoms with Crippen LogP contribution in [0.5, 0.6) is 17.2 Å². The summed E-state index contributed by atoms with van der Waals surface area (Å²) in [6.07, 6.45) is 4.29. The fourth-order valence-corrected chi connectivity index (χ4v) is 12.6. The van der Waals surface area contributed by atoms with Gasteiger partial charge in [0.15, 0.2) is 34.7 Å². The molecule has 7 atom stereocenters. The largest absolute Gasteiger partial charge is 1.00 e. The van der Waals surface area contributed by atoms with Crippen molar-refractivity contribution >= 4 is 60.6 Å². The number of phenolic OH excluding ortho intramolecular Hbond substituents is 3. The Morgan fingerprint density at radius 1 is 0.489 bits per heavy atom. The second-order valence-corrected chi connectivity index (χ2v) is 32.9. The predicted molar refractivity (Wildman–Crippen MR) is 516 cm³/mol. The van der Waals surface area contributed by atoms with E-state index in [0.717, 1.165) is 34.2 Å². The minimum absolute atomic E-state index is 0. The van der Waals surface area contributed by atoms with Gasteiger partial charge >= 0.3 is 158 Å². The molecule has 0 aliphatic carbocycles. The standard InChI is InChI=1S/2C20H20FNO4.C13H17FO2.C12H15FO3.C11H13FO2.C10H10O2.C8H8O3.C6H15N.C6H12O.CH4.ClH.2K.Li.H3N/c2*1-13(9-15-7-8-18(23)17(21)11-15)19(24)22-16(12-26-20(22)25)10-14-5-3-2-4-6-14;1-4-16-13(15)10(3)7-11-6-5-9(2)12(14)8-11;1-3-16-12(15)8(2)6-9-4-5-11(14)10(13)7-9;1-7-3-4-9(6-10(7)12)5-8(2)11(13)14;11-9-12-8-4-7-10-5-2-1-3-6-10;9-7-11-10-6-8-4-2-1-3-5-8;1-4-7(5-2)6-3;1-5(7)6(2,3)4;;;;;;/h2*2-8,11,13,16,23H,9-10,12H2,1H3;5-6,8,10H,4,7H2,1-3H3;4-5,7-8,14H,3,6H2,1-2H3;3-4,6,8H,5H2,1-2H3,(H,13,14);1-6H,7-8H2;1-5,7H,6H2;4-6H2,1-3H3;1-4H3;1H4;1H;;;;1H3/q;;;;;-2;;;;;;3*+1;/p-1/t13-,16+;13-,16-;;;;;;;;;;;;;/m01............./s1. The van der Waals surface area contributed by atoms with Crippen LogP contribution in [0.2, 0.25) is 0 Å². The van der Waals surface area contributed by atoms with Crippen molar-refractivity contribution in [2.45, 2.75) is 188 Å². The molecule has 756 valence electrons. The molecule has 0 bridgehead atoms. The van der Waals surface area contributed by atoms with Crippen molar-refractivity contribution in [1.29, 1.82) is 0 Å². The molecule has 34 heteroatoms. The van der Waals surface area contributed by atoms with Crippen LogP contribution in [0.25, 0.3) is 0 Å². The predicted octanol–water partition coefficient (Wildman–Crippen LogP) is 8.74.